The minimum Gasteiger partial charge on any atom is -0.457 e. The second-order valence-corrected chi connectivity index (χ2v) is 9.82. The van der Waals surface area contributed by atoms with Gasteiger partial charge in [0.2, 0.25) is 0 Å². The quantitative estimate of drug-likeness (QED) is 0.501. The van der Waals surface area contributed by atoms with Gasteiger partial charge in [-0.15, -0.1) is 0 Å². The maximum Gasteiger partial charge on any atom is 0.309 e. The molecule has 0 aromatic carbocycles. The summed E-state index contributed by atoms with van der Waals surface area (Å²) in [4.78, 5) is 30.1. The molecule has 6 nitrogen and oxygen atoms in total. The SMILES string of the molecule is C/C(=C\c1ccccn1)[C@H]1C/C=C\CCC[C@@H](C)[C@@H](O)[C@@H](C)C(=O)C(C)(C)[C@@H](O)CC(=O)O1. The highest BCUT2D eigenvalue weighted by Crippen LogP contribution is 2.32. The smallest absolute Gasteiger partial charge is 0.309 e. The summed E-state index contributed by atoms with van der Waals surface area (Å²) in [6.45, 7) is 8.78. The number of hydrogen-bond donors (Lipinski definition) is 2. The van der Waals surface area contributed by atoms with Crippen LogP contribution >= 0.6 is 0 Å². The summed E-state index contributed by atoms with van der Waals surface area (Å²) in [6.07, 6.45) is 7.89. The number of allylic oxidation sites excluding steroid dienone is 1. The molecular weight excluding hydrogens is 418 g/mol. The van der Waals surface area contributed by atoms with Crippen LogP contribution in [0.25, 0.3) is 6.08 Å². The third kappa shape index (κ3) is 7.61. The second kappa shape index (κ2) is 12.2. The van der Waals surface area contributed by atoms with Crippen LogP contribution in [0, 0.1) is 17.3 Å². The molecule has 5 atom stereocenters. The van der Waals surface area contributed by atoms with Crippen LogP contribution in [0.2, 0.25) is 0 Å². The standard InChI is InChI=1S/C27H39NO5/c1-18-12-8-6-7-9-14-22(19(2)16-21-13-10-11-15-28-21)33-24(30)17-23(29)27(4,5)26(32)20(3)25(18)31/h7,9-11,13,15-16,18,20,22-23,25,29,31H,6,8,12,14,17H2,1-5H3/b9-7-,19-16+/t18-,20-,22-,23+,25-/m1/s1. The first-order valence-electron chi connectivity index (χ1n) is 11.9. The van der Waals surface area contributed by atoms with Crippen molar-refractivity contribution in [2.45, 2.75) is 85.0 Å². The Labute approximate surface area is 197 Å². The molecule has 33 heavy (non-hydrogen) atoms. The average Bonchev–Trinajstić information content (AvgIpc) is 2.78. The Morgan fingerprint density at radius 2 is 1.91 bits per heavy atom. The molecule has 0 bridgehead atoms. The first-order chi connectivity index (χ1) is 15.5. The normalized spacial score (nSPS) is 31.6. The van der Waals surface area contributed by atoms with E-state index in [9.17, 15) is 19.8 Å². The molecule has 1 aromatic rings. The highest BCUT2D eigenvalue weighted by Gasteiger charge is 2.42. The van der Waals surface area contributed by atoms with Crippen LogP contribution in [0.5, 0.6) is 0 Å². The lowest BCUT2D eigenvalue weighted by molar-refractivity contribution is -0.154. The van der Waals surface area contributed by atoms with Gasteiger partial charge in [-0.25, -0.2) is 0 Å². The first kappa shape index (κ1) is 26.9. The molecule has 6 heteroatoms. The number of aliphatic hydroxyl groups excluding tert-OH is 2. The predicted molar refractivity (Wildman–Crippen MR) is 129 cm³/mol. The molecule has 2 rings (SSSR count). The second-order valence-electron chi connectivity index (χ2n) is 9.82. The van der Waals surface area contributed by atoms with Crippen LogP contribution in [0.3, 0.4) is 0 Å². The third-order valence-electron chi connectivity index (χ3n) is 6.73. The molecule has 1 aliphatic rings. The molecule has 0 aliphatic carbocycles. The number of aromatic nitrogens is 1. The van der Waals surface area contributed by atoms with Crippen molar-refractivity contribution >= 4 is 17.8 Å². The van der Waals surface area contributed by atoms with Gasteiger partial charge in [0.1, 0.15) is 11.9 Å². The lowest BCUT2D eigenvalue weighted by atomic mass is 9.73. The number of ketones is 1. The van der Waals surface area contributed by atoms with E-state index in [1.165, 1.54) is 0 Å². The maximum atomic E-state index is 13.1. The molecule has 2 N–H and O–H groups in total. The van der Waals surface area contributed by atoms with E-state index in [0.29, 0.717) is 6.42 Å². The van der Waals surface area contributed by atoms with Crippen molar-refractivity contribution in [1.82, 2.24) is 4.98 Å². The molecule has 0 spiro atoms. The molecule has 0 saturated carbocycles. The Morgan fingerprint density at radius 1 is 1.18 bits per heavy atom. The Hall–Kier alpha value is -2.31. The Morgan fingerprint density at radius 3 is 2.58 bits per heavy atom. The molecule has 0 amide bonds. The third-order valence-corrected chi connectivity index (χ3v) is 6.73. The number of esters is 1. The van der Waals surface area contributed by atoms with E-state index in [-0.39, 0.29) is 18.1 Å². The molecule has 1 aliphatic heterocycles. The molecule has 0 radical (unpaired) electrons. The fourth-order valence-electron chi connectivity index (χ4n) is 4.20. The number of carbonyl (C=O) groups is 2. The van der Waals surface area contributed by atoms with Crippen LogP contribution in [-0.2, 0) is 14.3 Å². The number of Topliss-reactive ketones (excluding diaryl/α,β-unsaturated/α-hetero) is 1. The zero-order valence-corrected chi connectivity index (χ0v) is 20.5. The van der Waals surface area contributed by atoms with Gasteiger partial charge in [0.05, 0.1) is 29.7 Å². The monoisotopic (exact) mass is 457 g/mol. The number of rotatable bonds is 2. The summed E-state index contributed by atoms with van der Waals surface area (Å²) < 4.78 is 5.74. The van der Waals surface area contributed by atoms with Gasteiger partial charge in [-0.1, -0.05) is 45.9 Å². The topological polar surface area (TPSA) is 96.7 Å². The number of cyclic esters (lactones) is 1. The lowest BCUT2D eigenvalue weighted by Gasteiger charge is -2.34. The summed E-state index contributed by atoms with van der Waals surface area (Å²) in [6, 6.07) is 5.61. The van der Waals surface area contributed by atoms with E-state index < -0.39 is 35.6 Å². The van der Waals surface area contributed by atoms with E-state index >= 15 is 0 Å². The van der Waals surface area contributed by atoms with Crippen molar-refractivity contribution in [2.75, 3.05) is 0 Å². The number of pyridine rings is 1. The predicted octanol–water partition coefficient (Wildman–Crippen LogP) is 4.51. The molecule has 182 valence electrons. The molecule has 0 saturated heterocycles. The van der Waals surface area contributed by atoms with Crippen molar-refractivity contribution in [1.29, 1.82) is 0 Å². The van der Waals surface area contributed by atoms with Crippen LogP contribution in [0.1, 0.15) is 72.4 Å². The zero-order chi connectivity index (χ0) is 24.6. The number of carbonyl (C=O) groups excluding carboxylic acids is 2. The maximum absolute atomic E-state index is 13.1. The van der Waals surface area contributed by atoms with Gasteiger partial charge in [0.15, 0.2) is 0 Å². The van der Waals surface area contributed by atoms with Crippen LogP contribution < -0.4 is 0 Å². The minimum absolute atomic E-state index is 0.0422. The number of aliphatic hydroxyl groups is 2. The molecular formula is C27H39NO5. The molecule has 0 fully saturated rings. The van der Waals surface area contributed by atoms with Crippen LogP contribution in [0.4, 0.5) is 0 Å². The summed E-state index contributed by atoms with van der Waals surface area (Å²) in [5.41, 5.74) is 0.434. The molecule has 2 heterocycles. The zero-order valence-electron chi connectivity index (χ0n) is 20.5. The van der Waals surface area contributed by atoms with Gasteiger partial charge in [-0.05, 0) is 55.9 Å². The summed E-state index contributed by atoms with van der Waals surface area (Å²) >= 11 is 0. The van der Waals surface area contributed by atoms with Crippen molar-refractivity contribution in [2.24, 2.45) is 17.3 Å². The highest BCUT2D eigenvalue weighted by atomic mass is 16.5. The van der Waals surface area contributed by atoms with E-state index in [2.05, 4.69) is 11.1 Å². The molecule has 0 unspecified atom stereocenters. The first-order valence-corrected chi connectivity index (χ1v) is 11.9. The summed E-state index contributed by atoms with van der Waals surface area (Å²) in [5, 5.41) is 21.5. The van der Waals surface area contributed by atoms with Gasteiger partial charge < -0.3 is 14.9 Å². The Balaban J connectivity index is 2.28. The molecule has 1 aromatic heterocycles. The van der Waals surface area contributed by atoms with Crippen molar-refractivity contribution in [3.63, 3.8) is 0 Å². The Bertz CT molecular complexity index is 845. The Kier molecular flexibility index (Phi) is 9.99. The fourth-order valence-corrected chi connectivity index (χ4v) is 4.20. The van der Waals surface area contributed by atoms with E-state index in [0.717, 1.165) is 30.5 Å². The van der Waals surface area contributed by atoms with Gasteiger partial charge >= 0.3 is 5.97 Å². The van der Waals surface area contributed by atoms with Crippen LogP contribution in [-0.4, -0.2) is 45.3 Å². The summed E-state index contributed by atoms with van der Waals surface area (Å²) in [7, 11) is 0. The highest BCUT2D eigenvalue weighted by molar-refractivity contribution is 5.88. The van der Waals surface area contributed by atoms with Crippen LogP contribution in [0.15, 0.2) is 42.1 Å². The van der Waals surface area contributed by atoms with E-state index in [4.69, 9.17) is 4.74 Å². The van der Waals surface area contributed by atoms with Crippen molar-refractivity contribution in [3.8, 4) is 0 Å². The van der Waals surface area contributed by atoms with E-state index in [1.54, 1.807) is 27.0 Å². The fraction of sp³-hybridized carbons (Fsp3) is 0.593. The van der Waals surface area contributed by atoms with Gasteiger partial charge in [0.25, 0.3) is 0 Å². The minimum atomic E-state index is -1.22. The van der Waals surface area contributed by atoms with Crippen molar-refractivity contribution in [3.05, 3.63) is 47.8 Å². The lowest BCUT2D eigenvalue weighted by Crippen LogP contribution is -2.45. The van der Waals surface area contributed by atoms with E-state index in [1.807, 2.05) is 44.2 Å². The largest absolute Gasteiger partial charge is 0.457 e. The summed E-state index contributed by atoms with van der Waals surface area (Å²) in [5.74, 6) is -1.50. The van der Waals surface area contributed by atoms with Gasteiger partial charge in [-0.3, -0.25) is 14.6 Å². The van der Waals surface area contributed by atoms with Crippen molar-refractivity contribution < 1.29 is 24.5 Å². The van der Waals surface area contributed by atoms with Gasteiger partial charge in [-0.2, -0.15) is 0 Å². The number of hydrogen-bond acceptors (Lipinski definition) is 6. The number of nitrogens with zero attached hydrogens (tertiary/aromatic N) is 1. The number of ether oxygens (including phenoxy) is 1. The average molecular weight is 458 g/mol. The van der Waals surface area contributed by atoms with Gasteiger partial charge in [0, 0.05) is 18.5 Å².